The molecule has 0 fully saturated rings. The molecule has 3 rings (SSSR count). The Bertz CT molecular complexity index is 1010. The summed E-state index contributed by atoms with van der Waals surface area (Å²) in [6, 6.07) is 9.99. The number of hydrogen-bond acceptors (Lipinski definition) is 2. The van der Waals surface area contributed by atoms with Crippen LogP contribution in [0.1, 0.15) is 16.1 Å². The maximum absolute atomic E-state index is 13.6. The summed E-state index contributed by atoms with van der Waals surface area (Å²) < 4.78 is 53.8. The Morgan fingerprint density at radius 2 is 1.85 bits per heavy atom. The van der Waals surface area contributed by atoms with Gasteiger partial charge in [0.1, 0.15) is 5.82 Å². The minimum atomic E-state index is -4.78. The molecular formula is C18H12ClF4N3O. The van der Waals surface area contributed by atoms with Crippen molar-refractivity contribution in [1.82, 2.24) is 9.78 Å². The number of benzene rings is 2. The Labute approximate surface area is 156 Å². The molecule has 0 aliphatic rings. The molecule has 0 radical (unpaired) electrons. The van der Waals surface area contributed by atoms with Crippen LogP contribution in [0.4, 0.5) is 23.2 Å². The predicted octanol–water partition coefficient (Wildman–Crippen LogP) is 5.15. The molecule has 1 heterocycles. The molecule has 3 aromatic rings. The number of rotatable bonds is 3. The fraction of sp³-hybridized carbons (Fsp3) is 0.111. The highest BCUT2D eigenvalue weighted by molar-refractivity contribution is 6.33. The Kier molecular flexibility index (Phi) is 4.93. The van der Waals surface area contributed by atoms with Gasteiger partial charge in [0, 0.05) is 35.1 Å². The van der Waals surface area contributed by atoms with Crippen LogP contribution >= 0.6 is 11.6 Å². The quantitative estimate of drug-likeness (QED) is 0.621. The Morgan fingerprint density at radius 3 is 2.56 bits per heavy atom. The van der Waals surface area contributed by atoms with Crippen molar-refractivity contribution in [1.29, 1.82) is 0 Å². The standard InChI is InChI=1S/C18H12ClF4N3O/c1-26-9-13(16(25-26)18(21,22)23)17(27)24-15-5-3-2-4-11(15)12-8-10(20)6-7-14(12)19/h2-9H,1H3,(H,24,27). The summed E-state index contributed by atoms with van der Waals surface area (Å²) >= 11 is 6.10. The lowest BCUT2D eigenvalue weighted by molar-refractivity contribution is -0.141. The van der Waals surface area contributed by atoms with Crippen LogP contribution in [0.3, 0.4) is 0 Å². The molecule has 0 aliphatic heterocycles. The number of aromatic nitrogens is 2. The minimum Gasteiger partial charge on any atom is -0.321 e. The van der Waals surface area contributed by atoms with Gasteiger partial charge in [-0.3, -0.25) is 9.48 Å². The minimum absolute atomic E-state index is 0.187. The van der Waals surface area contributed by atoms with E-state index in [0.717, 1.165) is 10.9 Å². The first kappa shape index (κ1) is 18.9. The zero-order valence-corrected chi connectivity index (χ0v) is 14.6. The fourth-order valence-electron chi connectivity index (χ4n) is 2.58. The van der Waals surface area contributed by atoms with E-state index >= 15 is 0 Å². The molecule has 1 aromatic heterocycles. The van der Waals surface area contributed by atoms with Crippen molar-refractivity contribution in [3.63, 3.8) is 0 Å². The van der Waals surface area contributed by atoms with Gasteiger partial charge in [0.15, 0.2) is 5.69 Å². The molecule has 0 unspecified atom stereocenters. The van der Waals surface area contributed by atoms with Gasteiger partial charge in [0.25, 0.3) is 5.91 Å². The molecule has 0 saturated heterocycles. The van der Waals surface area contributed by atoms with Gasteiger partial charge in [-0.2, -0.15) is 18.3 Å². The molecule has 27 heavy (non-hydrogen) atoms. The summed E-state index contributed by atoms with van der Waals surface area (Å²) in [5.74, 6) is -1.53. The topological polar surface area (TPSA) is 46.9 Å². The van der Waals surface area contributed by atoms with Crippen LogP contribution in [-0.4, -0.2) is 15.7 Å². The number of nitrogens with one attached hydrogen (secondary N) is 1. The molecule has 140 valence electrons. The van der Waals surface area contributed by atoms with E-state index in [1.807, 2.05) is 0 Å². The smallest absolute Gasteiger partial charge is 0.321 e. The van der Waals surface area contributed by atoms with E-state index in [1.54, 1.807) is 18.2 Å². The SMILES string of the molecule is Cn1cc(C(=O)Nc2ccccc2-c2cc(F)ccc2Cl)c(C(F)(F)F)n1. The van der Waals surface area contributed by atoms with Crippen LogP contribution < -0.4 is 5.32 Å². The molecule has 0 saturated carbocycles. The van der Waals surface area contributed by atoms with E-state index in [4.69, 9.17) is 11.6 Å². The average molecular weight is 398 g/mol. The maximum atomic E-state index is 13.6. The zero-order valence-electron chi connectivity index (χ0n) is 13.8. The van der Waals surface area contributed by atoms with E-state index in [9.17, 15) is 22.4 Å². The van der Waals surface area contributed by atoms with E-state index in [2.05, 4.69) is 10.4 Å². The van der Waals surface area contributed by atoms with E-state index < -0.39 is 29.2 Å². The van der Waals surface area contributed by atoms with E-state index in [-0.39, 0.29) is 10.7 Å². The highest BCUT2D eigenvalue weighted by Gasteiger charge is 2.39. The van der Waals surface area contributed by atoms with Gasteiger partial charge in [0.05, 0.1) is 5.56 Å². The Morgan fingerprint density at radius 1 is 1.15 bits per heavy atom. The van der Waals surface area contributed by atoms with E-state index in [0.29, 0.717) is 11.1 Å². The van der Waals surface area contributed by atoms with Crippen LogP contribution in [0.2, 0.25) is 5.02 Å². The molecule has 0 atom stereocenters. The first-order chi connectivity index (χ1) is 12.7. The van der Waals surface area contributed by atoms with Crippen LogP contribution in [0, 0.1) is 5.82 Å². The third kappa shape index (κ3) is 3.95. The largest absolute Gasteiger partial charge is 0.435 e. The molecule has 0 bridgehead atoms. The number of carbonyl (C=O) groups excluding carboxylic acids is 1. The number of aryl methyl sites for hydroxylation is 1. The highest BCUT2D eigenvalue weighted by Crippen LogP contribution is 2.35. The number of para-hydroxylation sites is 1. The molecule has 0 spiro atoms. The van der Waals surface area contributed by atoms with Crippen molar-refractivity contribution in [2.75, 3.05) is 5.32 Å². The fourth-order valence-corrected chi connectivity index (χ4v) is 2.80. The van der Waals surface area contributed by atoms with E-state index in [1.165, 1.54) is 31.3 Å². The summed E-state index contributed by atoms with van der Waals surface area (Å²) in [6.45, 7) is 0. The molecule has 9 heteroatoms. The summed E-state index contributed by atoms with van der Waals surface area (Å²) in [5.41, 5.74) is -1.05. The second kappa shape index (κ2) is 7.03. The van der Waals surface area contributed by atoms with Gasteiger partial charge >= 0.3 is 6.18 Å². The summed E-state index contributed by atoms with van der Waals surface area (Å²) in [6.07, 6.45) is -3.80. The number of carbonyl (C=O) groups is 1. The van der Waals surface area contributed by atoms with Crippen molar-refractivity contribution in [3.05, 3.63) is 70.8 Å². The van der Waals surface area contributed by atoms with Crippen LogP contribution in [0.5, 0.6) is 0 Å². The predicted molar refractivity (Wildman–Crippen MR) is 93.0 cm³/mol. The van der Waals surface area contributed by atoms with Crippen molar-refractivity contribution in [2.24, 2.45) is 7.05 Å². The molecule has 1 amide bonds. The van der Waals surface area contributed by atoms with Gasteiger partial charge < -0.3 is 5.32 Å². The van der Waals surface area contributed by atoms with Crippen molar-refractivity contribution >= 4 is 23.2 Å². The molecular weight excluding hydrogens is 386 g/mol. The van der Waals surface area contributed by atoms with Crippen molar-refractivity contribution < 1.29 is 22.4 Å². The van der Waals surface area contributed by atoms with Gasteiger partial charge in [-0.1, -0.05) is 29.8 Å². The first-order valence-electron chi connectivity index (χ1n) is 7.63. The Balaban J connectivity index is 2.01. The normalized spacial score (nSPS) is 11.5. The van der Waals surface area contributed by atoms with Crippen molar-refractivity contribution in [3.8, 4) is 11.1 Å². The third-order valence-corrected chi connectivity index (χ3v) is 4.07. The second-order valence-electron chi connectivity index (χ2n) is 5.69. The summed E-state index contributed by atoms with van der Waals surface area (Å²) in [5, 5.41) is 5.97. The number of hydrogen-bond donors (Lipinski definition) is 1. The number of amides is 1. The highest BCUT2D eigenvalue weighted by atomic mass is 35.5. The van der Waals surface area contributed by atoms with Gasteiger partial charge in [0.2, 0.25) is 0 Å². The van der Waals surface area contributed by atoms with Crippen molar-refractivity contribution in [2.45, 2.75) is 6.18 Å². The van der Waals surface area contributed by atoms with Gasteiger partial charge in [-0.15, -0.1) is 0 Å². The van der Waals surface area contributed by atoms with Gasteiger partial charge in [-0.05, 0) is 24.3 Å². The van der Waals surface area contributed by atoms with Gasteiger partial charge in [-0.25, -0.2) is 4.39 Å². The molecule has 2 aromatic carbocycles. The monoisotopic (exact) mass is 397 g/mol. The summed E-state index contributed by atoms with van der Waals surface area (Å²) in [7, 11) is 1.28. The van der Waals surface area contributed by atoms with Crippen LogP contribution in [0.25, 0.3) is 11.1 Å². The number of anilines is 1. The van der Waals surface area contributed by atoms with Crippen LogP contribution in [0.15, 0.2) is 48.7 Å². The van der Waals surface area contributed by atoms with Crippen LogP contribution in [-0.2, 0) is 13.2 Å². The molecule has 0 aliphatic carbocycles. The maximum Gasteiger partial charge on any atom is 0.435 e. The summed E-state index contributed by atoms with van der Waals surface area (Å²) in [4.78, 5) is 12.5. The Hall–Kier alpha value is -2.87. The first-order valence-corrected chi connectivity index (χ1v) is 8.01. The lowest BCUT2D eigenvalue weighted by Crippen LogP contribution is -2.18. The lowest BCUT2D eigenvalue weighted by Gasteiger charge is -2.13. The lowest BCUT2D eigenvalue weighted by atomic mass is 10.0. The zero-order chi connectivity index (χ0) is 19.8. The third-order valence-electron chi connectivity index (χ3n) is 3.74. The number of halogens is 5. The molecule has 1 N–H and O–H groups in total. The second-order valence-corrected chi connectivity index (χ2v) is 6.09. The average Bonchev–Trinajstić information content (AvgIpc) is 3.00. The molecule has 4 nitrogen and oxygen atoms in total. The number of alkyl halides is 3. The number of nitrogens with zero attached hydrogens (tertiary/aromatic N) is 2.